The van der Waals surface area contributed by atoms with Gasteiger partial charge in [-0.3, -0.25) is 0 Å². The fourth-order valence-electron chi connectivity index (χ4n) is 1.68. The molecule has 2 N–H and O–H groups in total. The largest absolute Gasteiger partial charge is 0.392 e. The monoisotopic (exact) mass is 255 g/mol. The lowest BCUT2D eigenvalue weighted by atomic mass is 10.1. The van der Waals surface area contributed by atoms with E-state index in [0.29, 0.717) is 25.3 Å². The molecule has 0 fully saturated rings. The highest BCUT2D eigenvalue weighted by Crippen LogP contribution is 2.22. The highest BCUT2D eigenvalue weighted by atomic mass is 19.4. The molecule has 0 aromatic rings. The molecule has 2 unspecified atom stereocenters. The van der Waals surface area contributed by atoms with Gasteiger partial charge in [0.25, 0.3) is 0 Å². The maximum atomic E-state index is 11.9. The highest BCUT2D eigenvalue weighted by molar-refractivity contribution is 4.67. The smallest absolute Gasteiger partial charge is 0.389 e. The zero-order valence-electron chi connectivity index (χ0n) is 10.8. The Bertz CT molecular complexity index is 195. The molecule has 0 saturated carbocycles. The first kappa shape index (κ1) is 16.7. The standard InChI is InChI=1S/C12H24F3NO/c1-9(2)7-11(17)8-16-10(3)5-4-6-12(13,14)15/h9-11,16-17H,4-8H2,1-3H3. The Hall–Kier alpha value is -0.290. The molecule has 104 valence electrons. The predicted octanol–water partition coefficient (Wildman–Crippen LogP) is 3.10. The molecule has 0 aliphatic heterocycles. The zero-order valence-corrected chi connectivity index (χ0v) is 10.8. The van der Waals surface area contributed by atoms with Crippen molar-refractivity contribution >= 4 is 0 Å². The van der Waals surface area contributed by atoms with Crippen LogP contribution in [0.3, 0.4) is 0 Å². The second-order valence-corrected chi connectivity index (χ2v) is 5.10. The van der Waals surface area contributed by atoms with E-state index in [1.807, 2.05) is 20.8 Å². The van der Waals surface area contributed by atoms with Crippen molar-refractivity contribution in [3.05, 3.63) is 0 Å². The first-order valence-corrected chi connectivity index (χ1v) is 6.19. The van der Waals surface area contributed by atoms with E-state index in [0.717, 1.165) is 0 Å². The summed E-state index contributed by atoms with van der Waals surface area (Å²) in [7, 11) is 0. The molecule has 0 aromatic carbocycles. The minimum absolute atomic E-state index is 0.0131. The van der Waals surface area contributed by atoms with Crippen LogP contribution < -0.4 is 5.32 Å². The number of rotatable bonds is 8. The Balaban J connectivity index is 3.56. The van der Waals surface area contributed by atoms with Crippen molar-refractivity contribution in [1.29, 1.82) is 0 Å². The summed E-state index contributed by atoms with van der Waals surface area (Å²) in [6.07, 6.45) is -3.88. The van der Waals surface area contributed by atoms with Crippen molar-refractivity contribution in [1.82, 2.24) is 5.32 Å². The Labute approximate surface area is 102 Å². The van der Waals surface area contributed by atoms with Gasteiger partial charge in [0, 0.05) is 19.0 Å². The number of halogens is 3. The van der Waals surface area contributed by atoms with Crippen LogP contribution in [0.4, 0.5) is 13.2 Å². The second-order valence-electron chi connectivity index (χ2n) is 5.10. The highest BCUT2D eigenvalue weighted by Gasteiger charge is 2.26. The molecule has 17 heavy (non-hydrogen) atoms. The van der Waals surface area contributed by atoms with Crippen LogP contribution in [0, 0.1) is 5.92 Å². The number of aliphatic hydroxyl groups is 1. The van der Waals surface area contributed by atoms with Gasteiger partial charge < -0.3 is 10.4 Å². The van der Waals surface area contributed by atoms with Crippen molar-refractivity contribution in [3.63, 3.8) is 0 Å². The van der Waals surface area contributed by atoms with Gasteiger partial charge in [0.15, 0.2) is 0 Å². The molecule has 0 spiro atoms. The fourth-order valence-corrected chi connectivity index (χ4v) is 1.68. The molecule has 0 bridgehead atoms. The molecule has 0 amide bonds. The molecule has 0 aliphatic carbocycles. The van der Waals surface area contributed by atoms with Crippen molar-refractivity contribution in [2.24, 2.45) is 5.92 Å². The molecule has 0 aromatic heterocycles. The normalized spacial score (nSPS) is 16.2. The summed E-state index contributed by atoms with van der Waals surface area (Å²) in [6.45, 7) is 6.34. The molecule has 5 heteroatoms. The minimum Gasteiger partial charge on any atom is -0.392 e. The summed E-state index contributed by atoms with van der Waals surface area (Å²) >= 11 is 0. The van der Waals surface area contributed by atoms with Gasteiger partial charge in [-0.1, -0.05) is 13.8 Å². The van der Waals surface area contributed by atoms with Crippen LogP contribution in [0.1, 0.15) is 46.5 Å². The SMILES string of the molecule is CC(C)CC(O)CNC(C)CCCC(F)(F)F. The fraction of sp³-hybridized carbons (Fsp3) is 1.00. The number of hydrogen-bond donors (Lipinski definition) is 2. The lowest BCUT2D eigenvalue weighted by molar-refractivity contribution is -0.135. The Morgan fingerprint density at radius 1 is 1.18 bits per heavy atom. The summed E-state index contributed by atoms with van der Waals surface area (Å²) in [5, 5.41) is 12.6. The van der Waals surface area contributed by atoms with Gasteiger partial charge in [0.05, 0.1) is 6.10 Å². The van der Waals surface area contributed by atoms with E-state index < -0.39 is 18.7 Å². The molecule has 2 nitrogen and oxygen atoms in total. The zero-order chi connectivity index (χ0) is 13.5. The summed E-state index contributed by atoms with van der Waals surface area (Å²) in [4.78, 5) is 0. The van der Waals surface area contributed by atoms with Crippen LogP contribution in [0.15, 0.2) is 0 Å². The number of nitrogens with one attached hydrogen (secondary N) is 1. The van der Waals surface area contributed by atoms with E-state index in [-0.39, 0.29) is 12.5 Å². The van der Waals surface area contributed by atoms with E-state index in [1.165, 1.54) is 0 Å². The third-order valence-corrected chi connectivity index (χ3v) is 2.54. The summed E-state index contributed by atoms with van der Waals surface area (Å²) < 4.78 is 35.7. The van der Waals surface area contributed by atoms with E-state index in [4.69, 9.17) is 0 Å². The molecular formula is C12H24F3NO. The van der Waals surface area contributed by atoms with Crippen LogP contribution in [-0.4, -0.2) is 30.0 Å². The first-order chi connectivity index (χ1) is 7.70. The quantitative estimate of drug-likeness (QED) is 0.698. The van der Waals surface area contributed by atoms with Crippen molar-refractivity contribution < 1.29 is 18.3 Å². The van der Waals surface area contributed by atoms with Gasteiger partial charge in [-0.15, -0.1) is 0 Å². The maximum Gasteiger partial charge on any atom is 0.389 e. The summed E-state index contributed by atoms with van der Waals surface area (Å²) in [6, 6.07) is 0.0131. The Kier molecular flexibility index (Phi) is 7.79. The maximum absolute atomic E-state index is 11.9. The summed E-state index contributed by atoms with van der Waals surface area (Å²) in [5.74, 6) is 0.423. The molecule has 2 atom stereocenters. The van der Waals surface area contributed by atoms with Gasteiger partial charge in [-0.2, -0.15) is 13.2 Å². The number of aliphatic hydroxyl groups excluding tert-OH is 1. The molecular weight excluding hydrogens is 231 g/mol. The van der Waals surface area contributed by atoms with Gasteiger partial charge >= 0.3 is 6.18 Å². The van der Waals surface area contributed by atoms with Gasteiger partial charge in [-0.05, 0) is 32.1 Å². The lowest BCUT2D eigenvalue weighted by Gasteiger charge is -2.18. The first-order valence-electron chi connectivity index (χ1n) is 6.19. The molecule has 0 rings (SSSR count). The van der Waals surface area contributed by atoms with Gasteiger partial charge in [0.1, 0.15) is 0 Å². The average Bonchev–Trinajstić information content (AvgIpc) is 2.11. The third-order valence-electron chi connectivity index (χ3n) is 2.54. The van der Waals surface area contributed by atoms with Crippen LogP contribution >= 0.6 is 0 Å². The minimum atomic E-state index is -4.06. The van der Waals surface area contributed by atoms with E-state index in [2.05, 4.69) is 5.32 Å². The second kappa shape index (κ2) is 7.93. The third kappa shape index (κ3) is 12.0. The van der Waals surface area contributed by atoms with E-state index in [1.54, 1.807) is 0 Å². The number of alkyl halides is 3. The Morgan fingerprint density at radius 2 is 1.76 bits per heavy atom. The van der Waals surface area contributed by atoms with Crippen LogP contribution in [-0.2, 0) is 0 Å². The number of hydrogen-bond acceptors (Lipinski definition) is 2. The van der Waals surface area contributed by atoms with Crippen LogP contribution in [0.5, 0.6) is 0 Å². The predicted molar refractivity (Wildman–Crippen MR) is 62.8 cm³/mol. The van der Waals surface area contributed by atoms with Crippen LogP contribution in [0.25, 0.3) is 0 Å². The Morgan fingerprint density at radius 3 is 2.24 bits per heavy atom. The molecule has 0 saturated heterocycles. The summed E-state index contributed by atoms with van der Waals surface area (Å²) in [5.41, 5.74) is 0. The van der Waals surface area contributed by atoms with Gasteiger partial charge in [0.2, 0.25) is 0 Å². The van der Waals surface area contributed by atoms with E-state index in [9.17, 15) is 18.3 Å². The molecule has 0 heterocycles. The van der Waals surface area contributed by atoms with Crippen LogP contribution in [0.2, 0.25) is 0 Å². The van der Waals surface area contributed by atoms with Gasteiger partial charge in [-0.25, -0.2) is 0 Å². The van der Waals surface area contributed by atoms with Crippen molar-refractivity contribution in [2.45, 2.75) is 64.8 Å². The topological polar surface area (TPSA) is 32.3 Å². The van der Waals surface area contributed by atoms with Crippen molar-refractivity contribution in [2.75, 3.05) is 6.54 Å². The lowest BCUT2D eigenvalue weighted by Crippen LogP contribution is -2.34. The average molecular weight is 255 g/mol. The van der Waals surface area contributed by atoms with E-state index >= 15 is 0 Å². The molecule has 0 radical (unpaired) electrons. The van der Waals surface area contributed by atoms with Crippen molar-refractivity contribution in [3.8, 4) is 0 Å². The molecule has 0 aliphatic rings.